The number of fused-ring (bicyclic) bond motifs is 5. The van der Waals surface area contributed by atoms with Gasteiger partial charge in [0.2, 0.25) is 10.0 Å². The van der Waals surface area contributed by atoms with Crippen molar-refractivity contribution in [1.29, 1.82) is 0 Å². The minimum Gasteiger partial charge on any atom is -0.347 e. The van der Waals surface area contributed by atoms with Crippen molar-refractivity contribution in [2.24, 2.45) is 17.8 Å². The van der Waals surface area contributed by atoms with E-state index in [-0.39, 0.29) is 19.6 Å². The molecule has 3 aliphatic heterocycles. The minimum absolute atomic E-state index is 0.0385. The van der Waals surface area contributed by atoms with Crippen molar-refractivity contribution >= 4 is 10.0 Å². The first kappa shape index (κ1) is 25.7. The van der Waals surface area contributed by atoms with E-state index < -0.39 is 76.1 Å². The highest BCUT2D eigenvalue weighted by Crippen LogP contribution is 2.55. The number of rotatable bonds is 4. The van der Waals surface area contributed by atoms with E-state index in [2.05, 4.69) is 0 Å². The predicted octanol–water partition coefficient (Wildman–Crippen LogP) is 4.35. The van der Waals surface area contributed by atoms with Crippen molar-refractivity contribution in [2.45, 2.75) is 54.7 Å². The van der Waals surface area contributed by atoms with Crippen LogP contribution in [0.3, 0.4) is 0 Å². The summed E-state index contributed by atoms with van der Waals surface area (Å²) in [6.07, 6.45) is -4.35. The molecule has 0 amide bonds. The number of hydrogen-bond acceptors (Lipinski definition) is 6. The molecule has 3 heterocycles. The second kappa shape index (κ2) is 9.39. The van der Waals surface area contributed by atoms with E-state index in [1.807, 2.05) is 60.7 Å². The number of hydrogen-bond donors (Lipinski definition) is 0. The number of nitrogens with zero attached hydrogens (tertiary/aromatic N) is 1. The molecule has 7 nitrogen and oxygen atoms in total. The van der Waals surface area contributed by atoms with Gasteiger partial charge in [0.25, 0.3) is 0 Å². The number of allylic oxidation sites excluding steroid dienone is 2. The van der Waals surface area contributed by atoms with E-state index in [9.17, 15) is 21.6 Å². The van der Waals surface area contributed by atoms with Crippen LogP contribution in [0, 0.1) is 17.8 Å². The fourth-order valence-electron chi connectivity index (χ4n) is 7.08. The molecule has 208 valence electrons. The smallest absolute Gasteiger partial charge is 0.347 e. The normalized spacial score (nSPS) is 40.0. The Morgan fingerprint density at radius 1 is 0.744 bits per heavy atom. The fourth-order valence-corrected chi connectivity index (χ4v) is 9.85. The Hall–Kier alpha value is -2.28. The Labute approximate surface area is 224 Å². The molecule has 0 radical (unpaired) electrons. The number of halogens is 3. The molecule has 2 bridgehead atoms. The fraction of sp³-hybridized carbons (Fsp3) is 0.500. The molecule has 0 N–H and O–H groups in total. The van der Waals surface area contributed by atoms with Crippen LogP contribution in [0.15, 0.2) is 72.8 Å². The van der Waals surface area contributed by atoms with Crippen molar-refractivity contribution in [1.82, 2.24) is 4.31 Å². The Morgan fingerprint density at radius 2 is 1.23 bits per heavy atom. The molecule has 0 aromatic heterocycles. The third-order valence-corrected chi connectivity index (χ3v) is 11.1. The maximum atomic E-state index is 14.3. The summed E-state index contributed by atoms with van der Waals surface area (Å²) >= 11 is 0. The summed E-state index contributed by atoms with van der Waals surface area (Å²) in [6.45, 7) is -0.0771. The first-order chi connectivity index (χ1) is 18.7. The summed E-state index contributed by atoms with van der Waals surface area (Å²) in [4.78, 5) is 0. The molecule has 0 spiro atoms. The largest absolute Gasteiger partial charge is 0.393 e. The van der Waals surface area contributed by atoms with Gasteiger partial charge in [-0.1, -0.05) is 72.8 Å². The molecule has 7 rings (SSSR count). The van der Waals surface area contributed by atoms with E-state index in [1.165, 1.54) is 10.4 Å². The Balaban J connectivity index is 1.25. The SMILES string of the molecule is O=S(=O)([C@@H]1[C@@H](C(F)(F)F)[C@H]2C=C[C@@H]1C2)N1[C@H]2COC(c3ccccc3)O[C@H]2[C@@H]2OC(c3ccccc3)OC[C@@H]21. The number of sulfonamides is 1. The van der Waals surface area contributed by atoms with Crippen molar-refractivity contribution < 1.29 is 40.5 Å². The lowest BCUT2D eigenvalue weighted by molar-refractivity contribution is -0.278. The zero-order valence-corrected chi connectivity index (χ0v) is 21.6. The lowest BCUT2D eigenvalue weighted by Crippen LogP contribution is -2.56. The molecule has 5 aliphatic rings. The van der Waals surface area contributed by atoms with E-state index >= 15 is 0 Å². The van der Waals surface area contributed by atoms with Gasteiger partial charge in [-0.2, -0.15) is 17.5 Å². The average molecular weight is 564 g/mol. The monoisotopic (exact) mass is 563 g/mol. The van der Waals surface area contributed by atoms with Gasteiger partial charge in [-0.25, -0.2) is 8.42 Å². The zero-order chi connectivity index (χ0) is 26.9. The maximum Gasteiger partial charge on any atom is 0.393 e. The lowest BCUT2D eigenvalue weighted by atomic mass is 9.92. The average Bonchev–Trinajstić information content (AvgIpc) is 3.65. The van der Waals surface area contributed by atoms with Crippen LogP contribution >= 0.6 is 0 Å². The third-order valence-electron chi connectivity index (χ3n) is 8.68. The van der Waals surface area contributed by atoms with Crippen molar-refractivity contribution in [3.63, 3.8) is 0 Å². The third kappa shape index (κ3) is 4.17. The molecule has 39 heavy (non-hydrogen) atoms. The van der Waals surface area contributed by atoms with Crippen molar-refractivity contribution in [3.05, 3.63) is 83.9 Å². The van der Waals surface area contributed by atoms with Crippen LogP contribution in [0.1, 0.15) is 30.1 Å². The highest BCUT2D eigenvalue weighted by atomic mass is 32.2. The van der Waals surface area contributed by atoms with Crippen LogP contribution in [-0.2, 0) is 29.0 Å². The summed E-state index contributed by atoms with van der Waals surface area (Å²) in [5.74, 6) is -3.50. The molecule has 4 fully saturated rings. The van der Waals surface area contributed by atoms with E-state index in [0.29, 0.717) is 0 Å². The van der Waals surface area contributed by atoms with Crippen LogP contribution in [-0.4, -0.2) is 61.7 Å². The standard InChI is InChI=1S/C28H28F3NO6S/c29-28(30,31)22-18-11-12-19(13-18)25(22)39(33,34)32-20-14-35-26(16-7-3-1-4-8-16)37-23(20)24-21(32)15-36-27(38-24)17-9-5-2-6-10-17/h1-12,18-27H,13-15H2/t18-,19+,20-,21-,22-,23+,24+,25-,26?,27?/m0/s1. The molecular weight excluding hydrogens is 535 g/mol. The quantitative estimate of drug-likeness (QED) is 0.515. The molecule has 11 heteroatoms. The van der Waals surface area contributed by atoms with E-state index in [4.69, 9.17) is 18.9 Å². The molecule has 1 saturated carbocycles. The molecule has 2 aliphatic carbocycles. The number of benzene rings is 2. The molecular formula is C28H28F3NO6S. The number of alkyl halides is 3. The summed E-state index contributed by atoms with van der Waals surface area (Å²) < 4.78 is 97.0. The van der Waals surface area contributed by atoms with Crippen molar-refractivity contribution in [2.75, 3.05) is 13.2 Å². The van der Waals surface area contributed by atoms with Gasteiger partial charge in [0.1, 0.15) is 12.2 Å². The van der Waals surface area contributed by atoms with Crippen LogP contribution in [0.4, 0.5) is 13.2 Å². The minimum atomic E-state index is -4.64. The van der Waals surface area contributed by atoms with Gasteiger partial charge in [0.15, 0.2) is 12.6 Å². The highest BCUT2D eigenvalue weighted by Gasteiger charge is 2.67. The zero-order valence-electron chi connectivity index (χ0n) is 20.8. The summed E-state index contributed by atoms with van der Waals surface area (Å²) in [5.41, 5.74) is 1.52. The first-order valence-electron chi connectivity index (χ1n) is 13.1. The highest BCUT2D eigenvalue weighted by molar-refractivity contribution is 7.89. The van der Waals surface area contributed by atoms with Gasteiger partial charge in [0, 0.05) is 11.1 Å². The molecule has 3 saturated heterocycles. The molecule has 10 atom stereocenters. The second-order valence-electron chi connectivity index (χ2n) is 10.8. The predicted molar refractivity (Wildman–Crippen MR) is 132 cm³/mol. The second-order valence-corrected chi connectivity index (χ2v) is 12.8. The lowest BCUT2D eigenvalue weighted by Gasteiger charge is -2.39. The summed E-state index contributed by atoms with van der Waals surface area (Å²) in [6, 6.07) is 16.8. The van der Waals surface area contributed by atoms with Crippen LogP contribution < -0.4 is 0 Å². The Bertz CT molecular complexity index is 1280. The molecule has 2 unspecified atom stereocenters. The molecule has 2 aromatic carbocycles. The molecule has 2 aromatic rings. The summed E-state index contributed by atoms with van der Waals surface area (Å²) in [7, 11) is -4.46. The van der Waals surface area contributed by atoms with Gasteiger partial charge in [0.05, 0.1) is 36.5 Å². The Kier molecular flexibility index (Phi) is 6.18. The maximum absolute atomic E-state index is 14.3. The van der Waals surface area contributed by atoms with Crippen LogP contribution in [0.2, 0.25) is 0 Å². The topological polar surface area (TPSA) is 74.3 Å². The van der Waals surface area contributed by atoms with Crippen LogP contribution in [0.5, 0.6) is 0 Å². The number of ether oxygens (including phenoxy) is 4. The van der Waals surface area contributed by atoms with Gasteiger partial charge in [-0.3, -0.25) is 0 Å². The van der Waals surface area contributed by atoms with Gasteiger partial charge >= 0.3 is 6.18 Å². The van der Waals surface area contributed by atoms with Gasteiger partial charge in [-0.15, -0.1) is 0 Å². The van der Waals surface area contributed by atoms with Crippen molar-refractivity contribution in [3.8, 4) is 0 Å². The van der Waals surface area contributed by atoms with E-state index in [0.717, 1.165) is 11.1 Å². The summed E-state index contributed by atoms with van der Waals surface area (Å²) in [5, 5.41) is -1.61. The van der Waals surface area contributed by atoms with Gasteiger partial charge < -0.3 is 18.9 Å². The Morgan fingerprint density at radius 3 is 1.72 bits per heavy atom. The first-order valence-corrected chi connectivity index (χ1v) is 14.7. The van der Waals surface area contributed by atoms with E-state index in [1.54, 1.807) is 6.08 Å². The van der Waals surface area contributed by atoms with Gasteiger partial charge in [-0.05, 0) is 18.3 Å². The van der Waals surface area contributed by atoms with Crippen LogP contribution in [0.25, 0.3) is 0 Å².